The number of Topliss-reactive ketones (excluding diaryl/α,β-unsaturated/α-hetero) is 1. The number of cyclic esters (lactones) is 1. The van der Waals surface area contributed by atoms with Crippen LogP contribution in [0.1, 0.15) is 110 Å². The van der Waals surface area contributed by atoms with E-state index in [0.29, 0.717) is 6.42 Å². The summed E-state index contributed by atoms with van der Waals surface area (Å²) in [5, 5.41) is 0. The average Bonchev–Trinajstić information content (AvgIpc) is 2.59. The third-order valence-electron chi connectivity index (χ3n) is 5.50. The number of esters is 1. The monoisotopic (exact) mass is 352 g/mol. The van der Waals surface area contributed by atoms with Gasteiger partial charge in [-0.05, 0) is 18.8 Å². The van der Waals surface area contributed by atoms with Crippen LogP contribution in [0.3, 0.4) is 0 Å². The van der Waals surface area contributed by atoms with E-state index < -0.39 is 5.92 Å². The van der Waals surface area contributed by atoms with E-state index in [1.54, 1.807) is 0 Å². The molecule has 1 saturated heterocycles. The van der Waals surface area contributed by atoms with Crippen LogP contribution in [0.25, 0.3) is 0 Å². The Labute approximate surface area is 155 Å². The highest BCUT2D eigenvalue weighted by atomic mass is 16.5. The van der Waals surface area contributed by atoms with Crippen LogP contribution in [0.2, 0.25) is 0 Å². The van der Waals surface area contributed by atoms with Gasteiger partial charge in [0.15, 0.2) is 5.78 Å². The molecule has 2 atom stereocenters. The third-order valence-corrected chi connectivity index (χ3v) is 5.50. The molecule has 0 aromatic rings. The Morgan fingerprint density at radius 1 is 0.800 bits per heavy atom. The largest absolute Gasteiger partial charge is 0.465 e. The summed E-state index contributed by atoms with van der Waals surface area (Å²) in [6.07, 6.45) is 18.0. The number of hydrogen-bond donors (Lipinski definition) is 0. The number of carbonyl (C=O) groups excluding carboxylic acids is 2. The van der Waals surface area contributed by atoms with E-state index in [-0.39, 0.29) is 24.3 Å². The van der Waals surface area contributed by atoms with Gasteiger partial charge in [0.05, 0.1) is 6.61 Å². The lowest BCUT2D eigenvalue weighted by Gasteiger charge is -2.27. The van der Waals surface area contributed by atoms with E-state index in [4.69, 9.17) is 4.74 Å². The van der Waals surface area contributed by atoms with Gasteiger partial charge in [-0.25, -0.2) is 0 Å². The van der Waals surface area contributed by atoms with Gasteiger partial charge in [-0.15, -0.1) is 0 Å². The Morgan fingerprint density at radius 2 is 1.36 bits per heavy atom. The molecule has 3 nitrogen and oxygen atoms in total. The van der Waals surface area contributed by atoms with Crippen molar-refractivity contribution in [2.75, 3.05) is 6.61 Å². The fourth-order valence-corrected chi connectivity index (χ4v) is 4.00. The second kappa shape index (κ2) is 14.3. The second-order valence-electron chi connectivity index (χ2n) is 7.73. The summed E-state index contributed by atoms with van der Waals surface area (Å²) in [5.41, 5.74) is 0. The zero-order valence-electron chi connectivity index (χ0n) is 16.7. The Kier molecular flexibility index (Phi) is 12.7. The van der Waals surface area contributed by atoms with Crippen LogP contribution >= 0.6 is 0 Å². The van der Waals surface area contributed by atoms with E-state index in [1.807, 2.05) is 0 Å². The topological polar surface area (TPSA) is 43.4 Å². The van der Waals surface area contributed by atoms with Gasteiger partial charge in [-0.3, -0.25) is 9.59 Å². The molecule has 0 saturated carbocycles. The second-order valence-corrected chi connectivity index (χ2v) is 7.73. The number of ketones is 1. The summed E-state index contributed by atoms with van der Waals surface area (Å²) >= 11 is 0. The normalized spacial score (nSPS) is 19.0. The maximum Gasteiger partial charge on any atom is 0.316 e. The van der Waals surface area contributed by atoms with Crippen LogP contribution in [0.15, 0.2) is 0 Å². The van der Waals surface area contributed by atoms with Gasteiger partial charge in [-0.2, -0.15) is 0 Å². The van der Waals surface area contributed by atoms with Crippen molar-refractivity contribution in [3.8, 4) is 0 Å². The van der Waals surface area contributed by atoms with E-state index in [0.717, 1.165) is 25.7 Å². The predicted molar refractivity (Wildman–Crippen MR) is 104 cm³/mol. The summed E-state index contributed by atoms with van der Waals surface area (Å²) in [4.78, 5) is 24.1. The molecule has 1 unspecified atom stereocenters. The molecule has 0 bridgehead atoms. The molecular weight excluding hydrogens is 312 g/mol. The minimum atomic E-state index is -0.475. The van der Waals surface area contributed by atoms with Gasteiger partial charge in [-0.1, -0.05) is 90.9 Å². The molecule has 0 aromatic carbocycles. The van der Waals surface area contributed by atoms with Crippen molar-refractivity contribution < 1.29 is 14.3 Å². The van der Waals surface area contributed by atoms with E-state index in [9.17, 15) is 9.59 Å². The first-order chi connectivity index (χ1) is 12.2. The van der Waals surface area contributed by atoms with Gasteiger partial charge in [0.1, 0.15) is 5.92 Å². The minimum Gasteiger partial charge on any atom is -0.465 e. The highest BCUT2D eigenvalue weighted by Gasteiger charge is 2.37. The molecule has 0 radical (unpaired) electrons. The Hall–Kier alpha value is -0.860. The van der Waals surface area contributed by atoms with Gasteiger partial charge in [0.2, 0.25) is 0 Å². The summed E-state index contributed by atoms with van der Waals surface area (Å²) in [6, 6.07) is 0. The zero-order chi connectivity index (χ0) is 18.3. The third kappa shape index (κ3) is 9.42. The first-order valence-corrected chi connectivity index (χ1v) is 10.9. The molecule has 1 heterocycles. The van der Waals surface area contributed by atoms with Gasteiger partial charge >= 0.3 is 5.97 Å². The molecule has 0 amide bonds. The van der Waals surface area contributed by atoms with Crippen molar-refractivity contribution in [1.29, 1.82) is 0 Å². The first-order valence-electron chi connectivity index (χ1n) is 10.9. The lowest BCUT2D eigenvalue weighted by Crippen LogP contribution is -2.38. The highest BCUT2D eigenvalue weighted by molar-refractivity contribution is 6.00. The van der Waals surface area contributed by atoms with Crippen LogP contribution < -0.4 is 0 Å². The molecule has 0 aliphatic carbocycles. The SMILES string of the molecule is CCCCCCCCCCCCCC(CCC)[C@@H]1C(=O)CCOC1=O. The first kappa shape index (κ1) is 22.2. The summed E-state index contributed by atoms with van der Waals surface area (Å²) in [7, 11) is 0. The number of unbranched alkanes of at least 4 members (excludes halogenated alkanes) is 10. The Balaban J connectivity index is 2.11. The Morgan fingerprint density at radius 3 is 1.88 bits per heavy atom. The Bertz CT molecular complexity index is 348. The summed E-state index contributed by atoms with van der Waals surface area (Å²) in [6.45, 7) is 4.68. The maximum atomic E-state index is 12.1. The van der Waals surface area contributed by atoms with Gasteiger partial charge in [0.25, 0.3) is 0 Å². The molecular formula is C22H40O3. The molecule has 0 N–H and O–H groups in total. The van der Waals surface area contributed by atoms with E-state index >= 15 is 0 Å². The van der Waals surface area contributed by atoms with Crippen molar-refractivity contribution in [3.05, 3.63) is 0 Å². The fourth-order valence-electron chi connectivity index (χ4n) is 4.00. The smallest absolute Gasteiger partial charge is 0.316 e. The molecule has 1 rings (SSSR count). The minimum absolute atomic E-state index is 0.109. The molecule has 1 aliphatic rings. The lowest BCUT2D eigenvalue weighted by molar-refractivity contribution is -0.160. The van der Waals surface area contributed by atoms with Gasteiger partial charge < -0.3 is 4.74 Å². The van der Waals surface area contributed by atoms with Crippen molar-refractivity contribution >= 4 is 11.8 Å². The lowest BCUT2D eigenvalue weighted by atomic mass is 9.80. The number of hydrogen-bond acceptors (Lipinski definition) is 3. The van der Waals surface area contributed by atoms with Crippen LogP contribution in [0.4, 0.5) is 0 Å². The molecule has 1 fully saturated rings. The highest BCUT2D eigenvalue weighted by Crippen LogP contribution is 2.29. The van der Waals surface area contributed by atoms with Crippen LogP contribution in [0, 0.1) is 11.8 Å². The van der Waals surface area contributed by atoms with Crippen LogP contribution in [-0.2, 0) is 14.3 Å². The van der Waals surface area contributed by atoms with Crippen LogP contribution in [-0.4, -0.2) is 18.4 Å². The molecule has 25 heavy (non-hydrogen) atoms. The quantitative estimate of drug-likeness (QED) is 0.199. The fraction of sp³-hybridized carbons (Fsp3) is 0.909. The molecule has 1 aliphatic heterocycles. The van der Waals surface area contributed by atoms with Crippen molar-refractivity contribution in [1.82, 2.24) is 0 Å². The maximum absolute atomic E-state index is 12.1. The predicted octanol–water partition coefficient (Wildman–Crippen LogP) is 6.24. The summed E-state index contributed by atoms with van der Waals surface area (Å²) < 4.78 is 5.14. The van der Waals surface area contributed by atoms with Crippen molar-refractivity contribution in [2.24, 2.45) is 11.8 Å². The molecule has 146 valence electrons. The number of carbonyl (C=O) groups is 2. The number of ether oxygens (including phenoxy) is 1. The van der Waals surface area contributed by atoms with E-state index in [2.05, 4.69) is 13.8 Å². The summed E-state index contributed by atoms with van der Waals surface area (Å²) in [5.74, 6) is -0.434. The molecule has 0 spiro atoms. The van der Waals surface area contributed by atoms with E-state index in [1.165, 1.54) is 64.2 Å². The van der Waals surface area contributed by atoms with Crippen molar-refractivity contribution in [2.45, 2.75) is 110 Å². The molecule has 3 heteroatoms. The number of rotatable bonds is 15. The van der Waals surface area contributed by atoms with Gasteiger partial charge in [0, 0.05) is 6.42 Å². The average molecular weight is 353 g/mol. The molecule has 0 aromatic heterocycles. The van der Waals surface area contributed by atoms with Crippen molar-refractivity contribution in [3.63, 3.8) is 0 Å². The standard InChI is InChI=1S/C22H40O3/c1-3-5-6-7-8-9-10-11-12-13-14-16-19(15-4-2)21-20(23)17-18-25-22(21)24/h19,21H,3-18H2,1-2H3/t19?,21-/m1/s1. The zero-order valence-corrected chi connectivity index (χ0v) is 16.7. The van der Waals surface area contributed by atoms with Crippen LogP contribution in [0.5, 0.6) is 0 Å².